The highest BCUT2D eigenvalue weighted by molar-refractivity contribution is 6.24. The molecule has 0 aliphatic heterocycles. The molecular weight excluding hydrogens is 308 g/mol. The van der Waals surface area contributed by atoms with Crippen LogP contribution in [0.1, 0.15) is 41.5 Å². The van der Waals surface area contributed by atoms with Crippen LogP contribution in [0.15, 0.2) is 52.6 Å². The molecule has 1 aliphatic rings. The largest absolute Gasteiger partial charge is 0.378 e. The van der Waals surface area contributed by atoms with Crippen LogP contribution in [0.4, 0.5) is 11.4 Å². The molecule has 1 aliphatic carbocycles. The first-order valence-corrected chi connectivity index (χ1v) is 8.75. The van der Waals surface area contributed by atoms with Gasteiger partial charge in [-0.2, -0.15) is 0 Å². The highest BCUT2D eigenvalue weighted by Crippen LogP contribution is 2.39. The average molecular weight is 338 g/mol. The van der Waals surface area contributed by atoms with Crippen molar-refractivity contribution >= 4 is 22.9 Å². The fourth-order valence-electron chi connectivity index (χ4n) is 2.83. The zero-order valence-electron chi connectivity index (χ0n) is 16.8. The Hall–Kier alpha value is -2.16. The molecule has 0 unspecified atom stereocenters. The van der Waals surface area contributed by atoms with Crippen LogP contribution in [0, 0.1) is 10.8 Å². The van der Waals surface area contributed by atoms with E-state index in [1.165, 1.54) is 0 Å². The first kappa shape index (κ1) is 19.2. The van der Waals surface area contributed by atoms with Crippen LogP contribution < -0.4 is 4.90 Å². The number of ketones is 1. The van der Waals surface area contributed by atoms with Crippen LogP contribution in [-0.2, 0) is 4.79 Å². The molecule has 1 aromatic rings. The molecule has 0 saturated heterocycles. The van der Waals surface area contributed by atoms with Gasteiger partial charge in [0.25, 0.3) is 0 Å². The number of carbonyl (C=O) groups excluding carboxylic acids is 1. The van der Waals surface area contributed by atoms with E-state index in [1.54, 1.807) is 12.2 Å². The lowest BCUT2D eigenvalue weighted by Gasteiger charge is -2.33. The molecule has 0 bridgehead atoms. The first-order valence-electron chi connectivity index (χ1n) is 8.75. The fourth-order valence-corrected chi connectivity index (χ4v) is 2.83. The van der Waals surface area contributed by atoms with Crippen molar-refractivity contribution in [3.8, 4) is 0 Å². The van der Waals surface area contributed by atoms with Gasteiger partial charge < -0.3 is 4.90 Å². The van der Waals surface area contributed by atoms with Crippen LogP contribution >= 0.6 is 0 Å². The van der Waals surface area contributed by atoms with E-state index in [9.17, 15) is 4.79 Å². The summed E-state index contributed by atoms with van der Waals surface area (Å²) in [7, 11) is 4.04. The normalized spacial score (nSPS) is 15.7. The van der Waals surface area contributed by atoms with Gasteiger partial charge in [-0.3, -0.25) is 4.79 Å². The minimum absolute atomic E-state index is 0.0526. The van der Waals surface area contributed by atoms with E-state index in [-0.39, 0.29) is 16.6 Å². The lowest BCUT2D eigenvalue weighted by Crippen LogP contribution is -2.29. The summed E-state index contributed by atoms with van der Waals surface area (Å²) in [5.41, 5.74) is 4.67. The third-order valence-electron chi connectivity index (χ3n) is 4.31. The maximum atomic E-state index is 12.3. The molecule has 0 aromatic heterocycles. The molecule has 0 fully saturated rings. The molecular formula is C22H30N2O. The summed E-state index contributed by atoms with van der Waals surface area (Å²) in [6, 6.07) is 8.18. The van der Waals surface area contributed by atoms with Gasteiger partial charge in [-0.05, 0) is 58.4 Å². The Balaban J connectivity index is 2.59. The molecule has 3 nitrogen and oxygen atoms in total. The van der Waals surface area contributed by atoms with E-state index < -0.39 is 0 Å². The van der Waals surface area contributed by atoms with Crippen molar-refractivity contribution in [3.05, 3.63) is 47.6 Å². The summed E-state index contributed by atoms with van der Waals surface area (Å²) < 4.78 is 0. The van der Waals surface area contributed by atoms with E-state index in [0.717, 1.165) is 28.2 Å². The van der Waals surface area contributed by atoms with Crippen LogP contribution in [0.5, 0.6) is 0 Å². The van der Waals surface area contributed by atoms with Crippen molar-refractivity contribution in [2.75, 3.05) is 19.0 Å². The minimum atomic E-state index is -0.150. The zero-order chi connectivity index (χ0) is 19.0. The number of carbonyl (C=O) groups is 1. The van der Waals surface area contributed by atoms with Crippen LogP contribution in [0.25, 0.3) is 0 Å². The predicted octanol–water partition coefficient (Wildman–Crippen LogP) is 5.35. The monoisotopic (exact) mass is 338 g/mol. The fraction of sp³-hybridized carbons (Fsp3) is 0.455. The first-order chi connectivity index (χ1) is 11.4. The Morgan fingerprint density at radius 1 is 0.800 bits per heavy atom. The van der Waals surface area contributed by atoms with Crippen LogP contribution in [-0.4, -0.2) is 25.6 Å². The Kier molecular flexibility index (Phi) is 5.08. The lowest BCUT2D eigenvalue weighted by molar-refractivity contribution is -0.110. The van der Waals surface area contributed by atoms with Crippen molar-refractivity contribution in [1.29, 1.82) is 0 Å². The number of hydrogen-bond donors (Lipinski definition) is 0. The van der Waals surface area contributed by atoms with E-state index in [1.807, 2.05) is 26.2 Å². The molecule has 0 amide bonds. The second-order valence-corrected chi connectivity index (χ2v) is 8.89. The Morgan fingerprint density at radius 3 is 1.60 bits per heavy atom. The maximum Gasteiger partial charge on any atom is 0.179 e. The molecule has 0 atom stereocenters. The molecule has 2 rings (SSSR count). The van der Waals surface area contributed by atoms with E-state index >= 15 is 0 Å². The summed E-state index contributed by atoms with van der Waals surface area (Å²) in [6.45, 7) is 12.8. The number of aliphatic imine (C=N–C) groups is 1. The molecule has 0 radical (unpaired) electrons. The zero-order valence-corrected chi connectivity index (χ0v) is 16.8. The number of allylic oxidation sites excluding steroid dienone is 4. The van der Waals surface area contributed by atoms with Gasteiger partial charge in [0.05, 0.1) is 11.4 Å². The van der Waals surface area contributed by atoms with Gasteiger partial charge in [-0.25, -0.2) is 4.99 Å². The number of anilines is 1. The average Bonchev–Trinajstić information content (AvgIpc) is 2.47. The van der Waals surface area contributed by atoms with Gasteiger partial charge in [-0.1, -0.05) is 41.5 Å². The quantitative estimate of drug-likeness (QED) is 0.681. The smallest absolute Gasteiger partial charge is 0.179 e. The summed E-state index contributed by atoms with van der Waals surface area (Å²) in [5.74, 6) is 0.0526. The van der Waals surface area contributed by atoms with E-state index in [0.29, 0.717) is 0 Å². The van der Waals surface area contributed by atoms with Gasteiger partial charge in [0.2, 0.25) is 0 Å². The molecule has 1 aromatic carbocycles. The van der Waals surface area contributed by atoms with Gasteiger partial charge in [0.15, 0.2) is 5.78 Å². The Labute approximate surface area is 152 Å². The van der Waals surface area contributed by atoms with Crippen molar-refractivity contribution in [1.82, 2.24) is 0 Å². The SMILES string of the molecule is CN(C)c1ccc(N=C2C(C(C)(C)C)=CC(=O)C=C2C(C)(C)C)cc1. The molecule has 25 heavy (non-hydrogen) atoms. The van der Waals surface area contributed by atoms with Gasteiger partial charge in [0, 0.05) is 19.8 Å². The van der Waals surface area contributed by atoms with Gasteiger partial charge in [0.1, 0.15) is 0 Å². The summed E-state index contributed by atoms with van der Waals surface area (Å²) in [6.07, 6.45) is 3.48. The molecule has 0 spiro atoms. The van der Waals surface area contributed by atoms with E-state index in [4.69, 9.17) is 4.99 Å². The summed E-state index contributed by atoms with van der Waals surface area (Å²) in [4.78, 5) is 19.3. The molecule has 0 heterocycles. The van der Waals surface area contributed by atoms with Gasteiger partial charge in [-0.15, -0.1) is 0 Å². The topological polar surface area (TPSA) is 32.7 Å². The number of nitrogens with zero attached hydrogens (tertiary/aromatic N) is 2. The third kappa shape index (κ3) is 4.47. The molecule has 3 heteroatoms. The van der Waals surface area contributed by atoms with Gasteiger partial charge >= 0.3 is 0 Å². The second kappa shape index (κ2) is 6.62. The van der Waals surface area contributed by atoms with Crippen molar-refractivity contribution in [2.24, 2.45) is 15.8 Å². The van der Waals surface area contributed by atoms with Crippen LogP contribution in [0.3, 0.4) is 0 Å². The van der Waals surface area contributed by atoms with Crippen LogP contribution in [0.2, 0.25) is 0 Å². The summed E-state index contributed by atoms with van der Waals surface area (Å²) >= 11 is 0. The van der Waals surface area contributed by atoms with Crippen molar-refractivity contribution in [3.63, 3.8) is 0 Å². The number of rotatable bonds is 2. The number of benzene rings is 1. The second-order valence-electron chi connectivity index (χ2n) is 8.89. The standard InChI is InChI=1S/C22H30N2O/c1-21(2,3)18-13-17(25)14-19(22(4,5)6)20(18)23-15-9-11-16(12-10-15)24(7)8/h9-14H,1-8H3. The summed E-state index contributed by atoms with van der Waals surface area (Å²) in [5, 5.41) is 0. The molecule has 134 valence electrons. The highest BCUT2D eigenvalue weighted by atomic mass is 16.1. The Morgan fingerprint density at radius 2 is 1.24 bits per heavy atom. The highest BCUT2D eigenvalue weighted by Gasteiger charge is 2.33. The Bertz CT molecular complexity index is 713. The predicted molar refractivity (Wildman–Crippen MR) is 108 cm³/mol. The minimum Gasteiger partial charge on any atom is -0.378 e. The lowest BCUT2D eigenvalue weighted by atomic mass is 9.72. The number of hydrogen-bond acceptors (Lipinski definition) is 3. The third-order valence-corrected chi connectivity index (χ3v) is 4.31. The molecule has 0 saturated carbocycles. The van der Waals surface area contributed by atoms with E-state index in [2.05, 4.69) is 58.6 Å². The van der Waals surface area contributed by atoms with Crippen molar-refractivity contribution < 1.29 is 4.79 Å². The maximum absolute atomic E-state index is 12.3. The van der Waals surface area contributed by atoms with Crippen molar-refractivity contribution in [2.45, 2.75) is 41.5 Å². The molecule has 0 N–H and O–H groups in total.